The number of pyridine rings is 1. The molecule has 9 heteroatoms. The third kappa shape index (κ3) is 3.78. The molecule has 0 spiro atoms. The summed E-state index contributed by atoms with van der Waals surface area (Å²) in [5.74, 6) is 0.0215. The second-order valence-corrected chi connectivity index (χ2v) is 6.89. The van der Waals surface area contributed by atoms with E-state index in [4.69, 9.17) is 4.74 Å². The summed E-state index contributed by atoms with van der Waals surface area (Å²) < 4.78 is 9.35. The zero-order valence-electron chi connectivity index (χ0n) is 17.1. The number of rotatable bonds is 6. The molecule has 0 aliphatic rings. The summed E-state index contributed by atoms with van der Waals surface area (Å²) in [6, 6.07) is 11.1. The van der Waals surface area contributed by atoms with Crippen LogP contribution in [0.1, 0.15) is 16.7 Å². The summed E-state index contributed by atoms with van der Waals surface area (Å²) in [5, 5.41) is 30.2. The van der Waals surface area contributed by atoms with E-state index in [1.807, 2.05) is 19.3 Å². The maximum absolute atomic E-state index is 11.7. The van der Waals surface area contributed by atoms with Gasteiger partial charge in [-0.15, -0.1) is 0 Å². The summed E-state index contributed by atoms with van der Waals surface area (Å²) in [5.41, 5.74) is 3.80. The number of hydrogen-bond donors (Lipinski definition) is 1. The molecular weight excluding hydrogens is 406 g/mol. The van der Waals surface area contributed by atoms with Gasteiger partial charge in [0.2, 0.25) is 5.91 Å². The van der Waals surface area contributed by atoms with E-state index in [2.05, 4.69) is 34.2 Å². The third-order valence-electron chi connectivity index (χ3n) is 4.82. The van der Waals surface area contributed by atoms with Gasteiger partial charge in [-0.1, -0.05) is 18.7 Å². The van der Waals surface area contributed by atoms with Crippen molar-refractivity contribution >= 4 is 17.1 Å². The van der Waals surface area contributed by atoms with Gasteiger partial charge < -0.3 is 10.1 Å². The van der Waals surface area contributed by atoms with Gasteiger partial charge in [-0.05, 0) is 18.2 Å². The van der Waals surface area contributed by atoms with Crippen LogP contribution in [0.5, 0.6) is 5.75 Å². The molecule has 0 saturated heterocycles. The second kappa shape index (κ2) is 8.46. The number of hydrogen-bond acceptors (Lipinski definition) is 6. The van der Waals surface area contributed by atoms with Crippen LogP contribution in [-0.2, 0) is 18.4 Å². The summed E-state index contributed by atoms with van der Waals surface area (Å²) in [6.45, 7) is 3.47. The van der Waals surface area contributed by atoms with E-state index in [0.717, 1.165) is 17.2 Å². The lowest BCUT2D eigenvalue weighted by Gasteiger charge is -2.13. The van der Waals surface area contributed by atoms with E-state index in [-0.39, 0.29) is 12.2 Å². The van der Waals surface area contributed by atoms with Gasteiger partial charge in [-0.3, -0.25) is 9.48 Å². The van der Waals surface area contributed by atoms with Crippen molar-refractivity contribution in [1.82, 2.24) is 19.4 Å². The molecule has 32 heavy (non-hydrogen) atoms. The summed E-state index contributed by atoms with van der Waals surface area (Å²) in [7, 11) is 1.82. The maximum Gasteiger partial charge on any atom is 0.247 e. The molecule has 0 aliphatic carbocycles. The number of aryl methyl sites for hydroxylation is 1. The average Bonchev–Trinajstić information content (AvgIpc) is 3.43. The fourth-order valence-electron chi connectivity index (χ4n) is 3.30. The molecule has 0 radical (unpaired) electrons. The van der Waals surface area contributed by atoms with Gasteiger partial charge in [0, 0.05) is 36.1 Å². The third-order valence-corrected chi connectivity index (χ3v) is 4.82. The van der Waals surface area contributed by atoms with Crippen LogP contribution >= 0.6 is 0 Å². The number of ether oxygens (including phenoxy) is 1. The Balaban J connectivity index is 1.73. The Hall–Kier alpha value is -4.89. The predicted molar refractivity (Wildman–Crippen MR) is 116 cm³/mol. The molecule has 0 bridgehead atoms. The molecule has 0 atom stereocenters. The van der Waals surface area contributed by atoms with Crippen molar-refractivity contribution in [2.45, 2.75) is 6.61 Å². The first-order valence-corrected chi connectivity index (χ1v) is 9.52. The SMILES string of the molecule is C=CC(=O)Nc1cccc(COc2cc(-c3cnn(C)c3)cn3ncc(C#N)c23)c1C#N. The predicted octanol–water partition coefficient (Wildman–Crippen LogP) is 3.18. The van der Waals surface area contributed by atoms with Gasteiger partial charge in [0.1, 0.15) is 35.6 Å². The highest BCUT2D eigenvalue weighted by Crippen LogP contribution is 2.31. The van der Waals surface area contributed by atoms with Crippen LogP contribution in [0.25, 0.3) is 16.6 Å². The van der Waals surface area contributed by atoms with Crippen molar-refractivity contribution in [3.05, 3.63) is 78.4 Å². The molecule has 1 amide bonds. The Bertz CT molecular complexity index is 1430. The fraction of sp³-hybridized carbons (Fsp3) is 0.0870. The highest BCUT2D eigenvalue weighted by atomic mass is 16.5. The first-order valence-electron chi connectivity index (χ1n) is 9.52. The van der Waals surface area contributed by atoms with Crippen molar-refractivity contribution in [1.29, 1.82) is 10.5 Å². The molecule has 0 unspecified atom stereocenters. The van der Waals surface area contributed by atoms with Crippen LogP contribution in [0, 0.1) is 22.7 Å². The second-order valence-electron chi connectivity index (χ2n) is 6.89. The van der Waals surface area contributed by atoms with Crippen LogP contribution in [0.3, 0.4) is 0 Å². The molecule has 156 valence electrons. The van der Waals surface area contributed by atoms with Gasteiger partial charge in [-0.25, -0.2) is 4.52 Å². The molecular formula is C23H17N7O2. The fourth-order valence-corrected chi connectivity index (χ4v) is 3.30. The van der Waals surface area contributed by atoms with Crippen molar-refractivity contribution in [3.8, 4) is 29.0 Å². The molecule has 0 aliphatic heterocycles. The Morgan fingerprint density at radius 2 is 2.06 bits per heavy atom. The summed E-state index contributed by atoms with van der Waals surface area (Å²) >= 11 is 0. The van der Waals surface area contributed by atoms with Gasteiger partial charge >= 0.3 is 0 Å². The number of fused-ring (bicyclic) bond motifs is 1. The van der Waals surface area contributed by atoms with Gasteiger partial charge in [0.25, 0.3) is 0 Å². The molecule has 9 nitrogen and oxygen atoms in total. The quantitative estimate of drug-likeness (QED) is 0.476. The van der Waals surface area contributed by atoms with Gasteiger partial charge in [0.05, 0.1) is 23.6 Å². The molecule has 4 aromatic rings. The standard InChI is InChI=1S/C23H17N7O2/c1-3-22(31)28-20-6-4-5-15(19(20)9-25)14-32-21-7-16(18-11-26-29(2)12-18)13-30-23(21)17(8-24)10-27-30/h3-7,10-13H,1,14H2,2H3,(H,28,31). The monoisotopic (exact) mass is 423 g/mol. The highest BCUT2D eigenvalue weighted by molar-refractivity contribution is 5.99. The lowest BCUT2D eigenvalue weighted by Crippen LogP contribution is -2.10. The van der Waals surface area contributed by atoms with Gasteiger partial charge in [-0.2, -0.15) is 20.7 Å². The normalized spacial score (nSPS) is 10.3. The number of carbonyl (C=O) groups excluding carboxylic acids is 1. The smallest absolute Gasteiger partial charge is 0.247 e. The van der Waals surface area contributed by atoms with Crippen LogP contribution in [-0.4, -0.2) is 25.3 Å². The molecule has 0 fully saturated rings. The Morgan fingerprint density at radius 1 is 1.22 bits per heavy atom. The number of aromatic nitrogens is 4. The number of nitrogens with zero attached hydrogens (tertiary/aromatic N) is 6. The number of anilines is 1. The minimum absolute atomic E-state index is 0.0445. The Labute approximate surface area is 183 Å². The first-order chi connectivity index (χ1) is 15.5. The Kier molecular flexibility index (Phi) is 5.39. The largest absolute Gasteiger partial charge is 0.487 e. The lowest BCUT2D eigenvalue weighted by atomic mass is 10.1. The molecule has 0 saturated carbocycles. The topological polar surface area (TPSA) is 121 Å². The van der Waals surface area contributed by atoms with Crippen LogP contribution in [0.15, 0.2) is 61.7 Å². The number of nitrogens with one attached hydrogen (secondary N) is 1. The minimum atomic E-state index is -0.414. The number of nitriles is 2. The highest BCUT2D eigenvalue weighted by Gasteiger charge is 2.16. The summed E-state index contributed by atoms with van der Waals surface area (Å²) in [6.07, 6.45) is 7.99. The Morgan fingerprint density at radius 3 is 2.75 bits per heavy atom. The van der Waals surface area contributed by atoms with Crippen molar-refractivity contribution < 1.29 is 9.53 Å². The zero-order chi connectivity index (χ0) is 22.7. The van der Waals surface area contributed by atoms with E-state index < -0.39 is 5.91 Å². The van der Waals surface area contributed by atoms with Crippen LogP contribution in [0.4, 0.5) is 5.69 Å². The van der Waals surface area contributed by atoms with E-state index in [0.29, 0.717) is 28.1 Å². The minimum Gasteiger partial charge on any atom is -0.487 e. The van der Waals surface area contributed by atoms with E-state index >= 15 is 0 Å². The summed E-state index contributed by atoms with van der Waals surface area (Å²) in [4.78, 5) is 11.7. The maximum atomic E-state index is 11.7. The molecule has 1 aromatic carbocycles. The molecule has 3 heterocycles. The van der Waals surface area contributed by atoms with E-state index in [1.165, 1.54) is 6.20 Å². The number of carbonyl (C=O) groups is 1. The van der Waals surface area contributed by atoms with E-state index in [1.54, 1.807) is 39.8 Å². The average molecular weight is 423 g/mol. The lowest BCUT2D eigenvalue weighted by molar-refractivity contribution is -0.111. The van der Waals surface area contributed by atoms with E-state index in [9.17, 15) is 15.3 Å². The first kappa shape index (κ1) is 20.4. The molecule has 4 rings (SSSR count). The molecule has 3 aromatic heterocycles. The van der Waals surface area contributed by atoms with Crippen molar-refractivity contribution in [2.75, 3.05) is 5.32 Å². The molecule has 1 N–H and O–H groups in total. The zero-order valence-corrected chi connectivity index (χ0v) is 17.1. The van der Waals surface area contributed by atoms with Crippen molar-refractivity contribution in [3.63, 3.8) is 0 Å². The van der Waals surface area contributed by atoms with Crippen LogP contribution < -0.4 is 10.1 Å². The van der Waals surface area contributed by atoms with Gasteiger partial charge in [0.15, 0.2) is 0 Å². The van der Waals surface area contributed by atoms with Crippen molar-refractivity contribution in [2.24, 2.45) is 7.05 Å². The number of benzene rings is 1. The van der Waals surface area contributed by atoms with Crippen LogP contribution in [0.2, 0.25) is 0 Å². The number of amides is 1.